The van der Waals surface area contributed by atoms with Gasteiger partial charge in [0.1, 0.15) is 0 Å². The number of carbonyl (C=O) groups excluding carboxylic acids is 2. The van der Waals surface area contributed by atoms with E-state index in [0.29, 0.717) is 11.3 Å². The minimum absolute atomic E-state index is 0.118. The summed E-state index contributed by atoms with van der Waals surface area (Å²) in [7, 11) is 0. The molecule has 0 spiro atoms. The quantitative estimate of drug-likeness (QED) is 0.295. The van der Waals surface area contributed by atoms with E-state index in [-0.39, 0.29) is 24.4 Å². The first kappa shape index (κ1) is 25.4. The average Bonchev–Trinajstić information content (AvgIpc) is 2.98. The van der Waals surface area contributed by atoms with Gasteiger partial charge in [0.05, 0.1) is 5.69 Å². The zero-order valence-electron chi connectivity index (χ0n) is 21.5. The number of nitrogens with zero attached hydrogens (tertiary/aromatic N) is 2. The number of aromatic nitrogens is 1. The van der Waals surface area contributed by atoms with Crippen molar-refractivity contribution >= 4 is 11.8 Å². The van der Waals surface area contributed by atoms with Gasteiger partial charge in [0, 0.05) is 24.3 Å². The van der Waals surface area contributed by atoms with Crippen molar-refractivity contribution in [1.82, 2.24) is 15.2 Å². The lowest BCUT2D eigenvalue weighted by Crippen LogP contribution is -2.47. The molecule has 1 unspecified atom stereocenters. The lowest BCUT2D eigenvalue weighted by atomic mass is 9.94. The van der Waals surface area contributed by atoms with E-state index in [1.807, 2.05) is 103 Å². The number of hydrogen-bond acceptors (Lipinski definition) is 3. The lowest BCUT2D eigenvalue weighted by Gasteiger charge is -2.33. The third-order valence-electron chi connectivity index (χ3n) is 7.18. The molecule has 3 aromatic carbocycles. The van der Waals surface area contributed by atoms with Crippen LogP contribution in [0.15, 0.2) is 109 Å². The molecule has 0 aliphatic heterocycles. The highest BCUT2D eigenvalue weighted by atomic mass is 16.2. The van der Waals surface area contributed by atoms with Crippen LogP contribution >= 0.6 is 0 Å². The topological polar surface area (TPSA) is 62.3 Å². The number of carbonyl (C=O) groups is 2. The van der Waals surface area contributed by atoms with Crippen LogP contribution in [0.2, 0.25) is 0 Å². The van der Waals surface area contributed by atoms with Crippen molar-refractivity contribution in [1.29, 1.82) is 0 Å². The molecule has 5 nitrogen and oxygen atoms in total. The Balaban J connectivity index is 1.58. The Kier molecular flexibility index (Phi) is 8.24. The van der Waals surface area contributed by atoms with E-state index in [1.54, 1.807) is 11.1 Å². The van der Waals surface area contributed by atoms with Crippen LogP contribution in [-0.2, 0) is 11.3 Å². The fourth-order valence-corrected chi connectivity index (χ4v) is 5.25. The molecule has 0 saturated heterocycles. The normalized spacial score (nSPS) is 14.4. The Bertz CT molecular complexity index is 1340. The maximum absolute atomic E-state index is 14.5. The molecule has 1 aliphatic rings. The first-order valence-corrected chi connectivity index (χ1v) is 13.4. The number of rotatable bonds is 8. The summed E-state index contributed by atoms with van der Waals surface area (Å²) in [5, 5.41) is 3.26. The number of hydrogen-bond donors (Lipinski definition) is 1. The zero-order chi connectivity index (χ0) is 26.2. The van der Waals surface area contributed by atoms with Gasteiger partial charge in [-0.05, 0) is 47.7 Å². The summed E-state index contributed by atoms with van der Waals surface area (Å²) in [6.45, 7) is 0.280. The Morgan fingerprint density at radius 3 is 2.16 bits per heavy atom. The second-order valence-electron chi connectivity index (χ2n) is 9.83. The summed E-state index contributed by atoms with van der Waals surface area (Å²) in [6, 6.07) is 32.1. The summed E-state index contributed by atoms with van der Waals surface area (Å²) in [5.41, 5.74) is 3.86. The van der Waals surface area contributed by atoms with Gasteiger partial charge < -0.3 is 10.2 Å². The fraction of sp³-hybridized carbons (Fsp3) is 0.242. The summed E-state index contributed by atoms with van der Waals surface area (Å²) < 4.78 is 0. The molecule has 1 aliphatic carbocycles. The SMILES string of the molecule is O=C(NC1CCCCC1)C(c1ccccn1)N(Cc1ccccc1)C(=O)c1ccccc1-c1ccccc1. The van der Waals surface area contributed by atoms with E-state index in [0.717, 1.165) is 42.4 Å². The standard InChI is InChI=1S/C33H33N3O2/c37-32(35-27-18-8-3-9-19-27)31(30-22-12-13-23-34-30)36(24-25-14-4-1-5-15-25)33(38)29-21-11-10-20-28(29)26-16-6-2-7-17-26/h1-2,4-7,10-17,20-23,27,31H,3,8-9,18-19,24H2,(H,35,37). The van der Waals surface area contributed by atoms with Crippen molar-refractivity contribution in [3.63, 3.8) is 0 Å². The van der Waals surface area contributed by atoms with Crippen molar-refractivity contribution < 1.29 is 9.59 Å². The van der Waals surface area contributed by atoms with Gasteiger partial charge in [0.15, 0.2) is 6.04 Å². The number of benzene rings is 3. The maximum atomic E-state index is 14.5. The summed E-state index contributed by atoms with van der Waals surface area (Å²) in [6.07, 6.45) is 7.02. The summed E-state index contributed by atoms with van der Waals surface area (Å²) in [4.78, 5) is 34.7. The van der Waals surface area contributed by atoms with Crippen LogP contribution in [0, 0.1) is 0 Å². The van der Waals surface area contributed by atoms with Crippen molar-refractivity contribution in [2.75, 3.05) is 0 Å². The highest BCUT2D eigenvalue weighted by Gasteiger charge is 2.35. The van der Waals surface area contributed by atoms with Crippen molar-refractivity contribution in [2.24, 2.45) is 0 Å². The fourth-order valence-electron chi connectivity index (χ4n) is 5.25. The predicted octanol–water partition coefficient (Wildman–Crippen LogP) is 6.58. The first-order valence-electron chi connectivity index (χ1n) is 13.4. The number of nitrogens with one attached hydrogen (secondary N) is 1. The molecule has 38 heavy (non-hydrogen) atoms. The molecule has 0 radical (unpaired) electrons. The summed E-state index contributed by atoms with van der Waals surface area (Å²) in [5.74, 6) is -0.389. The molecule has 1 N–H and O–H groups in total. The van der Waals surface area contributed by atoms with Crippen molar-refractivity contribution in [3.05, 3.63) is 126 Å². The second kappa shape index (κ2) is 12.3. The molecular formula is C33H33N3O2. The monoisotopic (exact) mass is 503 g/mol. The van der Waals surface area contributed by atoms with E-state index < -0.39 is 6.04 Å². The number of pyridine rings is 1. The van der Waals surface area contributed by atoms with Gasteiger partial charge in [0.2, 0.25) is 5.91 Å². The largest absolute Gasteiger partial charge is 0.351 e. The Morgan fingerprint density at radius 2 is 1.45 bits per heavy atom. The van der Waals surface area contributed by atoms with Gasteiger partial charge in [0.25, 0.3) is 5.91 Å². The van der Waals surface area contributed by atoms with Gasteiger partial charge in [-0.3, -0.25) is 14.6 Å². The third-order valence-corrected chi connectivity index (χ3v) is 7.18. The molecule has 1 aromatic heterocycles. The number of amides is 2. The molecule has 1 heterocycles. The van der Waals surface area contributed by atoms with Gasteiger partial charge >= 0.3 is 0 Å². The molecule has 1 fully saturated rings. The molecule has 4 aromatic rings. The van der Waals surface area contributed by atoms with E-state index in [1.165, 1.54) is 6.42 Å². The third kappa shape index (κ3) is 6.00. The van der Waals surface area contributed by atoms with Gasteiger partial charge in [-0.15, -0.1) is 0 Å². The highest BCUT2D eigenvalue weighted by Crippen LogP contribution is 2.30. The predicted molar refractivity (Wildman–Crippen MR) is 150 cm³/mol. The molecule has 0 bridgehead atoms. The van der Waals surface area contributed by atoms with E-state index >= 15 is 0 Å². The molecule has 5 heteroatoms. The van der Waals surface area contributed by atoms with Crippen LogP contribution in [0.3, 0.4) is 0 Å². The Labute approximate surface area is 224 Å². The maximum Gasteiger partial charge on any atom is 0.255 e. The van der Waals surface area contributed by atoms with Gasteiger partial charge in [-0.1, -0.05) is 104 Å². The smallest absolute Gasteiger partial charge is 0.255 e. The minimum Gasteiger partial charge on any atom is -0.351 e. The molecule has 1 saturated carbocycles. The van der Waals surface area contributed by atoms with Crippen molar-refractivity contribution in [3.8, 4) is 11.1 Å². The average molecular weight is 504 g/mol. The van der Waals surface area contributed by atoms with E-state index in [9.17, 15) is 9.59 Å². The molecular weight excluding hydrogens is 470 g/mol. The van der Waals surface area contributed by atoms with Crippen LogP contribution in [-0.4, -0.2) is 27.7 Å². The molecule has 1 atom stereocenters. The van der Waals surface area contributed by atoms with Gasteiger partial charge in [-0.25, -0.2) is 0 Å². The summed E-state index contributed by atoms with van der Waals surface area (Å²) >= 11 is 0. The van der Waals surface area contributed by atoms with Crippen LogP contribution in [0.1, 0.15) is 59.8 Å². The molecule has 5 rings (SSSR count). The van der Waals surface area contributed by atoms with Crippen LogP contribution < -0.4 is 5.32 Å². The Hall–Kier alpha value is -4.25. The minimum atomic E-state index is -0.866. The van der Waals surface area contributed by atoms with E-state index in [2.05, 4.69) is 10.3 Å². The first-order chi connectivity index (χ1) is 18.7. The van der Waals surface area contributed by atoms with Gasteiger partial charge in [-0.2, -0.15) is 0 Å². The highest BCUT2D eigenvalue weighted by molar-refractivity contribution is 6.03. The van der Waals surface area contributed by atoms with Crippen LogP contribution in [0.5, 0.6) is 0 Å². The molecule has 192 valence electrons. The van der Waals surface area contributed by atoms with E-state index in [4.69, 9.17) is 0 Å². The van der Waals surface area contributed by atoms with Crippen LogP contribution in [0.25, 0.3) is 11.1 Å². The lowest BCUT2D eigenvalue weighted by molar-refractivity contribution is -0.127. The zero-order valence-corrected chi connectivity index (χ0v) is 21.5. The van der Waals surface area contributed by atoms with Crippen molar-refractivity contribution in [2.45, 2.75) is 50.7 Å². The van der Waals surface area contributed by atoms with Crippen LogP contribution in [0.4, 0.5) is 0 Å². The Morgan fingerprint density at radius 1 is 0.789 bits per heavy atom. The molecule has 2 amide bonds. The second-order valence-corrected chi connectivity index (χ2v) is 9.83.